The van der Waals surface area contributed by atoms with Crippen molar-refractivity contribution in [1.82, 2.24) is 0 Å². The zero-order valence-corrected chi connectivity index (χ0v) is 11.6. The number of rotatable bonds is 5. The van der Waals surface area contributed by atoms with E-state index in [4.69, 9.17) is 4.74 Å². The zero-order chi connectivity index (χ0) is 16.3. The Morgan fingerprint density at radius 3 is 1.91 bits per heavy atom. The highest BCUT2D eigenvalue weighted by atomic mass is 19.2. The first kappa shape index (κ1) is 16.3. The van der Waals surface area contributed by atoms with Crippen molar-refractivity contribution in [3.05, 3.63) is 64.2 Å². The van der Waals surface area contributed by atoms with Crippen molar-refractivity contribution in [2.24, 2.45) is 5.90 Å². The van der Waals surface area contributed by atoms with Crippen molar-refractivity contribution in [3.8, 4) is 5.75 Å². The Balaban J connectivity index is 2.29. The zero-order valence-electron chi connectivity index (χ0n) is 11.6. The van der Waals surface area contributed by atoms with Gasteiger partial charge in [-0.3, -0.25) is 4.84 Å². The number of hydrogen-bond donors (Lipinski definition) is 1. The van der Waals surface area contributed by atoms with E-state index in [1.165, 1.54) is 0 Å². The number of hydrogen-bond acceptors (Lipinski definition) is 3. The van der Waals surface area contributed by atoms with E-state index in [0.29, 0.717) is 5.56 Å². The molecule has 0 saturated heterocycles. The van der Waals surface area contributed by atoms with Crippen LogP contribution in [-0.2, 0) is 18.1 Å². The minimum Gasteiger partial charge on any atom is -0.483 e. The van der Waals surface area contributed by atoms with Gasteiger partial charge in [0.1, 0.15) is 6.61 Å². The van der Waals surface area contributed by atoms with Gasteiger partial charge in [-0.1, -0.05) is 29.8 Å². The fourth-order valence-corrected chi connectivity index (χ4v) is 1.83. The molecule has 0 radical (unpaired) electrons. The van der Waals surface area contributed by atoms with Crippen LogP contribution in [0, 0.1) is 30.2 Å². The van der Waals surface area contributed by atoms with Crippen LogP contribution < -0.4 is 10.6 Å². The van der Waals surface area contributed by atoms with Gasteiger partial charge < -0.3 is 4.74 Å². The molecule has 0 amide bonds. The normalized spacial score (nSPS) is 10.8. The SMILES string of the molecule is Cc1ccc(COc2c(F)c(F)c(CON)c(F)c2F)cc1. The van der Waals surface area contributed by atoms with Gasteiger partial charge in [-0.25, -0.2) is 14.7 Å². The van der Waals surface area contributed by atoms with Crippen LogP contribution in [-0.4, -0.2) is 0 Å². The average molecular weight is 315 g/mol. The topological polar surface area (TPSA) is 44.5 Å². The lowest BCUT2D eigenvalue weighted by molar-refractivity contribution is 0.116. The first-order chi connectivity index (χ1) is 10.5. The van der Waals surface area contributed by atoms with Gasteiger partial charge in [0.05, 0.1) is 12.2 Å². The standard InChI is InChI=1S/C15H13F4NO2/c1-8-2-4-9(5-3-8)6-21-15-13(18)11(16)10(7-22-20)12(17)14(15)19/h2-5H,6-7,20H2,1H3. The Morgan fingerprint density at radius 1 is 0.864 bits per heavy atom. The van der Waals surface area contributed by atoms with Crippen LogP contribution >= 0.6 is 0 Å². The lowest BCUT2D eigenvalue weighted by Crippen LogP contribution is -2.11. The Kier molecular flexibility index (Phi) is 4.99. The second kappa shape index (κ2) is 6.76. The fourth-order valence-electron chi connectivity index (χ4n) is 1.83. The van der Waals surface area contributed by atoms with Gasteiger partial charge in [-0.05, 0) is 12.5 Å². The molecule has 2 aromatic rings. The summed E-state index contributed by atoms with van der Waals surface area (Å²) >= 11 is 0. The van der Waals surface area contributed by atoms with Gasteiger partial charge in [0, 0.05) is 0 Å². The molecular weight excluding hydrogens is 302 g/mol. The number of benzene rings is 2. The van der Waals surface area contributed by atoms with Crippen molar-refractivity contribution < 1.29 is 27.1 Å². The molecule has 118 valence electrons. The highest BCUT2D eigenvalue weighted by molar-refractivity contribution is 5.34. The van der Waals surface area contributed by atoms with E-state index in [2.05, 4.69) is 10.7 Å². The highest BCUT2D eigenvalue weighted by Gasteiger charge is 2.26. The van der Waals surface area contributed by atoms with E-state index in [1.54, 1.807) is 24.3 Å². The molecule has 0 bridgehead atoms. The summed E-state index contributed by atoms with van der Waals surface area (Å²) in [5, 5.41) is 0. The van der Waals surface area contributed by atoms with Crippen molar-refractivity contribution in [2.75, 3.05) is 0 Å². The summed E-state index contributed by atoms with van der Waals surface area (Å²) in [5.41, 5.74) is 0.657. The van der Waals surface area contributed by atoms with E-state index in [9.17, 15) is 17.6 Å². The first-order valence-corrected chi connectivity index (χ1v) is 6.30. The van der Waals surface area contributed by atoms with Crippen molar-refractivity contribution in [2.45, 2.75) is 20.1 Å². The molecule has 2 N–H and O–H groups in total. The number of nitrogens with two attached hydrogens (primary N) is 1. The van der Waals surface area contributed by atoms with Gasteiger partial charge >= 0.3 is 0 Å². The lowest BCUT2D eigenvalue weighted by atomic mass is 10.1. The van der Waals surface area contributed by atoms with Gasteiger partial charge in [-0.2, -0.15) is 8.78 Å². The predicted molar refractivity (Wildman–Crippen MR) is 70.8 cm³/mol. The second-order valence-corrected chi connectivity index (χ2v) is 4.65. The molecule has 7 heteroatoms. The predicted octanol–water partition coefficient (Wildman–Crippen LogP) is 3.52. The Hall–Kier alpha value is -2.12. The van der Waals surface area contributed by atoms with Gasteiger partial charge in [0.15, 0.2) is 17.4 Å². The monoisotopic (exact) mass is 315 g/mol. The lowest BCUT2D eigenvalue weighted by Gasteiger charge is -2.12. The molecule has 0 spiro atoms. The molecule has 22 heavy (non-hydrogen) atoms. The van der Waals surface area contributed by atoms with Crippen molar-refractivity contribution in [1.29, 1.82) is 0 Å². The maximum Gasteiger partial charge on any atom is 0.204 e. The number of halogens is 4. The molecule has 0 unspecified atom stereocenters. The molecule has 0 heterocycles. The number of ether oxygens (including phenoxy) is 1. The number of aryl methyl sites for hydroxylation is 1. The average Bonchev–Trinajstić information content (AvgIpc) is 2.51. The van der Waals surface area contributed by atoms with Crippen LogP contribution in [0.1, 0.15) is 16.7 Å². The summed E-state index contributed by atoms with van der Waals surface area (Å²) in [4.78, 5) is 4.03. The molecule has 0 fully saturated rings. The van der Waals surface area contributed by atoms with Gasteiger partial charge in [-0.15, -0.1) is 0 Å². The summed E-state index contributed by atoms with van der Waals surface area (Å²) in [5.74, 6) is -2.88. The molecule has 0 aliphatic heterocycles. The molecular formula is C15H13F4NO2. The van der Waals surface area contributed by atoms with E-state index >= 15 is 0 Å². The smallest absolute Gasteiger partial charge is 0.204 e. The maximum atomic E-state index is 13.8. The van der Waals surface area contributed by atoms with Crippen LogP contribution in [0.15, 0.2) is 24.3 Å². The Labute approximate surface area is 124 Å². The molecule has 0 aromatic heterocycles. The summed E-state index contributed by atoms with van der Waals surface area (Å²) in [6, 6.07) is 6.89. The molecule has 0 atom stereocenters. The third kappa shape index (κ3) is 3.20. The van der Waals surface area contributed by atoms with Crippen molar-refractivity contribution >= 4 is 0 Å². The Morgan fingerprint density at radius 2 is 1.41 bits per heavy atom. The third-order valence-electron chi connectivity index (χ3n) is 3.05. The second-order valence-electron chi connectivity index (χ2n) is 4.65. The van der Waals surface area contributed by atoms with Crippen LogP contribution in [0.5, 0.6) is 5.75 Å². The quantitative estimate of drug-likeness (QED) is 0.521. The molecule has 0 aliphatic carbocycles. The molecule has 3 nitrogen and oxygen atoms in total. The summed E-state index contributed by atoms with van der Waals surface area (Å²) in [6.07, 6.45) is 0. The van der Waals surface area contributed by atoms with E-state index < -0.39 is 41.2 Å². The third-order valence-corrected chi connectivity index (χ3v) is 3.05. The van der Waals surface area contributed by atoms with Crippen LogP contribution in [0.2, 0.25) is 0 Å². The molecule has 0 saturated carbocycles. The minimum atomic E-state index is -1.63. The molecule has 0 aliphatic rings. The van der Waals surface area contributed by atoms with E-state index in [-0.39, 0.29) is 6.61 Å². The summed E-state index contributed by atoms with van der Waals surface area (Å²) in [6.45, 7) is 0.830. The van der Waals surface area contributed by atoms with Crippen LogP contribution in [0.4, 0.5) is 17.6 Å². The first-order valence-electron chi connectivity index (χ1n) is 6.30. The molecule has 2 aromatic carbocycles. The summed E-state index contributed by atoms with van der Waals surface area (Å²) < 4.78 is 59.8. The van der Waals surface area contributed by atoms with Gasteiger partial charge in [0.25, 0.3) is 0 Å². The minimum absolute atomic E-state index is 0.236. The summed E-state index contributed by atoms with van der Waals surface area (Å²) in [7, 11) is 0. The molecule has 2 rings (SSSR count). The van der Waals surface area contributed by atoms with Gasteiger partial charge in [0.2, 0.25) is 11.6 Å². The maximum absolute atomic E-state index is 13.8. The largest absolute Gasteiger partial charge is 0.483 e. The van der Waals surface area contributed by atoms with Crippen LogP contribution in [0.3, 0.4) is 0 Å². The van der Waals surface area contributed by atoms with E-state index in [1.807, 2.05) is 6.92 Å². The van der Waals surface area contributed by atoms with E-state index in [0.717, 1.165) is 5.56 Å². The highest BCUT2D eigenvalue weighted by Crippen LogP contribution is 2.30. The Bertz CT molecular complexity index is 645. The van der Waals surface area contributed by atoms with Crippen LogP contribution in [0.25, 0.3) is 0 Å². The van der Waals surface area contributed by atoms with Crippen molar-refractivity contribution in [3.63, 3.8) is 0 Å². The fraction of sp³-hybridized carbons (Fsp3) is 0.200.